The first-order valence-electron chi connectivity index (χ1n) is 5.92. The van der Waals surface area contributed by atoms with Crippen LogP contribution >= 0.6 is 0 Å². The summed E-state index contributed by atoms with van der Waals surface area (Å²) in [6.45, 7) is 4.45. The van der Waals surface area contributed by atoms with Crippen LogP contribution in [0.25, 0.3) is 10.9 Å². The largest absolute Gasteiger partial charge is 0.358 e. The summed E-state index contributed by atoms with van der Waals surface area (Å²) in [5.41, 5.74) is 7.35. The molecule has 0 amide bonds. The van der Waals surface area contributed by atoms with E-state index in [1.165, 1.54) is 47.8 Å². The quantitative estimate of drug-likeness (QED) is 0.761. The normalized spacial score (nSPS) is 14.0. The summed E-state index contributed by atoms with van der Waals surface area (Å²) in [5.74, 6) is 0. The molecular weight excluding hydrogens is 182 g/mol. The molecule has 1 heterocycles. The molecule has 0 unspecified atom stereocenters. The first-order valence-corrected chi connectivity index (χ1v) is 5.92. The highest BCUT2D eigenvalue weighted by Gasteiger charge is 2.16. The van der Waals surface area contributed by atoms with Gasteiger partial charge in [0, 0.05) is 16.6 Å². The molecule has 1 aromatic heterocycles. The topological polar surface area (TPSA) is 15.8 Å². The molecule has 0 atom stereocenters. The summed E-state index contributed by atoms with van der Waals surface area (Å²) in [6.07, 6.45) is 4.98. The van der Waals surface area contributed by atoms with Gasteiger partial charge in [-0.15, -0.1) is 0 Å². The summed E-state index contributed by atoms with van der Waals surface area (Å²) in [5, 5.41) is 1.47. The van der Waals surface area contributed by atoms with Crippen molar-refractivity contribution in [1.82, 2.24) is 4.98 Å². The van der Waals surface area contributed by atoms with Gasteiger partial charge in [0.1, 0.15) is 0 Å². The van der Waals surface area contributed by atoms with Crippen molar-refractivity contribution in [3.63, 3.8) is 0 Å². The molecule has 0 spiro atoms. The van der Waals surface area contributed by atoms with Crippen molar-refractivity contribution in [1.29, 1.82) is 0 Å². The maximum Gasteiger partial charge on any atom is 0.0461 e. The molecule has 1 N–H and O–H groups in total. The highest BCUT2D eigenvalue weighted by atomic mass is 14.7. The summed E-state index contributed by atoms with van der Waals surface area (Å²) >= 11 is 0. The van der Waals surface area contributed by atoms with Crippen LogP contribution in [0.3, 0.4) is 0 Å². The van der Waals surface area contributed by atoms with Gasteiger partial charge in [-0.05, 0) is 55.0 Å². The molecule has 0 radical (unpaired) electrons. The number of hydrogen-bond acceptors (Lipinski definition) is 0. The van der Waals surface area contributed by atoms with E-state index in [4.69, 9.17) is 0 Å². The van der Waals surface area contributed by atoms with Crippen LogP contribution in [0.1, 0.15) is 35.7 Å². The fraction of sp³-hybridized carbons (Fsp3) is 0.429. The van der Waals surface area contributed by atoms with Crippen molar-refractivity contribution in [2.75, 3.05) is 0 Å². The van der Waals surface area contributed by atoms with Crippen LogP contribution in [0.2, 0.25) is 0 Å². The second-order valence-corrected chi connectivity index (χ2v) is 4.65. The molecule has 0 saturated heterocycles. The van der Waals surface area contributed by atoms with Gasteiger partial charge in [0.25, 0.3) is 0 Å². The third-order valence-electron chi connectivity index (χ3n) is 3.60. The Morgan fingerprint density at radius 1 is 1.20 bits per heavy atom. The van der Waals surface area contributed by atoms with E-state index in [1.54, 1.807) is 11.1 Å². The lowest BCUT2D eigenvalue weighted by atomic mass is 9.87. The van der Waals surface area contributed by atoms with Crippen LogP contribution in [0.15, 0.2) is 12.1 Å². The SMILES string of the molecule is CCCc1c(C)[nH]c2cc3c(cc12)CC3. The molecule has 0 saturated carbocycles. The third kappa shape index (κ3) is 1.22. The van der Waals surface area contributed by atoms with Gasteiger partial charge in [-0.3, -0.25) is 0 Å². The Balaban J connectivity index is 2.25. The molecule has 0 aliphatic heterocycles. The van der Waals surface area contributed by atoms with Crippen molar-refractivity contribution >= 4 is 10.9 Å². The van der Waals surface area contributed by atoms with Crippen molar-refractivity contribution < 1.29 is 0 Å². The van der Waals surface area contributed by atoms with Crippen LogP contribution in [-0.4, -0.2) is 4.98 Å². The van der Waals surface area contributed by atoms with E-state index < -0.39 is 0 Å². The molecule has 78 valence electrons. The predicted octanol–water partition coefficient (Wildman–Crippen LogP) is 3.53. The Kier molecular flexibility index (Phi) is 1.88. The van der Waals surface area contributed by atoms with Gasteiger partial charge in [-0.1, -0.05) is 13.3 Å². The number of hydrogen-bond donors (Lipinski definition) is 1. The maximum atomic E-state index is 3.51. The number of fused-ring (bicyclic) bond motifs is 2. The number of aromatic nitrogens is 1. The smallest absolute Gasteiger partial charge is 0.0461 e. The Morgan fingerprint density at radius 2 is 1.93 bits per heavy atom. The zero-order valence-electron chi connectivity index (χ0n) is 9.48. The molecular formula is C14H17N. The number of rotatable bonds is 2. The zero-order valence-corrected chi connectivity index (χ0v) is 9.48. The second-order valence-electron chi connectivity index (χ2n) is 4.65. The fourth-order valence-electron chi connectivity index (χ4n) is 2.65. The van der Waals surface area contributed by atoms with E-state index in [-0.39, 0.29) is 0 Å². The van der Waals surface area contributed by atoms with E-state index in [1.807, 2.05) is 0 Å². The van der Waals surface area contributed by atoms with E-state index in [0.717, 1.165) is 0 Å². The molecule has 1 nitrogen and oxygen atoms in total. The van der Waals surface area contributed by atoms with Crippen molar-refractivity contribution in [2.45, 2.75) is 39.5 Å². The highest BCUT2D eigenvalue weighted by molar-refractivity contribution is 5.86. The molecule has 15 heavy (non-hydrogen) atoms. The van der Waals surface area contributed by atoms with Gasteiger partial charge in [0.2, 0.25) is 0 Å². The molecule has 0 fully saturated rings. The van der Waals surface area contributed by atoms with E-state index in [9.17, 15) is 0 Å². The fourth-order valence-corrected chi connectivity index (χ4v) is 2.65. The summed E-state index contributed by atoms with van der Waals surface area (Å²) in [7, 11) is 0. The van der Waals surface area contributed by atoms with Crippen LogP contribution in [0.5, 0.6) is 0 Å². The van der Waals surface area contributed by atoms with E-state index in [0.29, 0.717) is 0 Å². The van der Waals surface area contributed by atoms with Crippen molar-refractivity contribution in [3.8, 4) is 0 Å². The van der Waals surface area contributed by atoms with Gasteiger partial charge in [0.15, 0.2) is 0 Å². The lowest BCUT2D eigenvalue weighted by Gasteiger charge is -2.18. The van der Waals surface area contributed by atoms with Crippen LogP contribution in [-0.2, 0) is 19.3 Å². The number of nitrogens with one attached hydrogen (secondary N) is 1. The second kappa shape index (κ2) is 3.13. The van der Waals surface area contributed by atoms with Crippen LogP contribution in [0.4, 0.5) is 0 Å². The number of H-pyrrole nitrogens is 1. The lowest BCUT2D eigenvalue weighted by molar-refractivity contribution is 0.843. The predicted molar refractivity (Wildman–Crippen MR) is 64.4 cm³/mol. The summed E-state index contributed by atoms with van der Waals surface area (Å²) in [6, 6.07) is 4.75. The van der Waals surface area contributed by atoms with Gasteiger partial charge in [0.05, 0.1) is 0 Å². The number of benzene rings is 1. The van der Waals surface area contributed by atoms with Gasteiger partial charge in [-0.25, -0.2) is 0 Å². The Morgan fingerprint density at radius 3 is 2.60 bits per heavy atom. The Labute approximate surface area is 90.5 Å². The average Bonchev–Trinajstić information content (AvgIpc) is 2.48. The van der Waals surface area contributed by atoms with Gasteiger partial charge < -0.3 is 4.98 Å². The minimum Gasteiger partial charge on any atom is -0.358 e. The molecule has 1 heteroatoms. The maximum absolute atomic E-state index is 3.51. The monoisotopic (exact) mass is 199 g/mol. The molecule has 1 aromatic carbocycles. The third-order valence-corrected chi connectivity index (χ3v) is 3.60. The number of aromatic amines is 1. The standard InChI is InChI=1S/C14H17N/c1-3-4-12-9(2)15-14-8-11-6-5-10(11)7-13(12)14/h7-8,15H,3-6H2,1-2H3. The summed E-state index contributed by atoms with van der Waals surface area (Å²) < 4.78 is 0. The molecule has 2 aromatic rings. The van der Waals surface area contributed by atoms with Crippen LogP contribution in [0, 0.1) is 6.92 Å². The minimum atomic E-state index is 1.20. The zero-order chi connectivity index (χ0) is 10.4. The molecule has 0 bridgehead atoms. The molecule has 3 rings (SSSR count). The van der Waals surface area contributed by atoms with Crippen molar-refractivity contribution in [3.05, 3.63) is 34.5 Å². The van der Waals surface area contributed by atoms with E-state index >= 15 is 0 Å². The summed E-state index contributed by atoms with van der Waals surface area (Å²) in [4.78, 5) is 3.51. The lowest BCUT2D eigenvalue weighted by Crippen LogP contribution is -2.07. The average molecular weight is 199 g/mol. The first kappa shape index (κ1) is 9.02. The van der Waals surface area contributed by atoms with Gasteiger partial charge >= 0.3 is 0 Å². The van der Waals surface area contributed by atoms with Gasteiger partial charge in [-0.2, -0.15) is 0 Å². The number of aryl methyl sites for hydroxylation is 4. The van der Waals surface area contributed by atoms with E-state index in [2.05, 4.69) is 31.0 Å². The molecule has 1 aliphatic rings. The van der Waals surface area contributed by atoms with Crippen molar-refractivity contribution in [2.24, 2.45) is 0 Å². The Hall–Kier alpha value is -1.24. The first-order chi connectivity index (χ1) is 7.29. The molecule has 1 aliphatic carbocycles. The Bertz CT molecular complexity index is 520. The minimum absolute atomic E-state index is 1.20. The highest BCUT2D eigenvalue weighted by Crippen LogP contribution is 2.31. The van der Waals surface area contributed by atoms with Crippen LogP contribution < -0.4 is 0 Å².